The zero-order valence-electron chi connectivity index (χ0n) is 8.81. The molecule has 1 aliphatic heterocycles. The van der Waals surface area contributed by atoms with Crippen LogP contribution < -0.4 is 0 Å². The quantitative estimate of drug-likeness (QED) is 0.598. The van der Waals surface area contributed by atoms with Crippen LogP contribution in [-0.4, -0.2) is 6.10 Å². The normalized spacial score (nSPS) is 34.0. The summed E-state index contributed by atoms with van der Waals surface area (Å²) in [6.45, 7) is 4.59. The van der Waals surface area contributed by atoms with Crippen LogP contribution in [0.25, 0.3) is 0 Å². The van der Waals surface area contributed by atoms with E-state index in [2.05, 4.69) is 13.8 Å². The first-order chi connectivity index (χ1) is 6.31. The second-order valence-corrected chi connectivity index (χ2v) is 4.44. The van der Waals surface area contributed by atoms with Gasteiger partial charge in [-0.05, 0) is 43.6 Å². The predicted octanol–water partition coefficient (Wildman–Crippen LogP) is 3.65. The van der Waals surface area contributed by atoms with Crippen LogP contribution in [-0.2, 0) is 4.74 Å². The fourth-order valence-electron chi connectivity index (χ4n) is 2.59. The molecule has 0 aromatic rings. The first kappa shape index (κ1) is 9.11. The fraction of sp³-hybridized carbons (Fsp3) is 0.833. The number of hydrogen-bond donors (Lipinski definition) is 0. The molecule has 2 aliphatic rings. The van der Waals surface area contributed by atoms with Crippen LogP contribution in [0.4, 0.5) is 0 Å². The molecular weight excluding hydrogens is 160 g/mol. The summed E-state index contributed by atoms with van der Waals surface area (Å²) >= 11 is 0. The standard InChI is InChI=1S/C12H20O/c1-3-10-8-9(2)11-6-4-5-7-12(11)13-10/h9-10H,3-8H2,1-2H3/t9-,10+/m0/s1. The summed E-state index contributed by atoms with van der Waals surface area (Å²) in [5.41, 5.74) is 1.64. The summed E-state index contributed by atoms with van der Waals surface area (Å²) < 4.78 is 5.99. The van der Waals surface area contributed by atoms with Gasteiger partial charge in [0.15, 0.2) is 0 Å². The van der Waals surface area contributed by atoms with E-state index in [9.17, 15) is 0 Å². The predicted molar refractivity (Wildman–Crippen MR) is 54.4 cm³/mol. The highest BCUT2D eigenvalue weighted by atomic mass is 16.5. The number of hydrogen-bond acceptors (Lipinski definition) is 1. The molecule has 1 nitrogen and oxygen atoms in total. The molecule has 0 fully saturated rings. The van der Waals surface area contributed by atoms with Crippen molar-refractivity contribution in [2.24, 2.45) is 5.92 Å². The summed E-state index contributed by atoms with van der Waals surface area (Å²) in [6, 6.07) is 0. The third-order valence-electron chi connectivity index (χ3n) is 3.43. The van der Waals surface area contributed by atoms with Crippen molar-refractivity contribution in [3.05, 3.63) is 11.3 Å². The smallest absolute Gasteiger partial charge is 0.0985 e. The maximum absolute atomic E-state index is 5.99. The van der Waals surface area contributed by atoms with Gasteiger partial charge in [0, 0.05) is 6.42 Å². The Hall–Kier alpha value is -0.460. The minimum absolute atomic E-state index is 0.506. The second kappa shape index (κ2) is 3.73. The van der Waals surface area contributed by atoms with Crippen LogP contribution in [0.1, 0.15) is 52.4 Å². The van der Waals surface area contributed by atoms with Crippen LogP contribution >= 0.6 is 0 Å². The first-order valence-corrected chi connectivity index (χ1v) is 5.69. The first-order valence-electron chi connectivity index (χ1n) is 5.69. The molecule has 1 heteroatoms. The highest BCUT2D eigenvalue weighted by Crippen LogP contribution is 2.38. The fourth-order valence-corrected chi connectivity index (χ4v) is 2.59. The van der Waals surface area contributed by atoms with Crippen molar-refractivity contribution in [1.82, 2.24) is 0 Å². The van der Waals surface area contributed by atoms with Gasteiger partial charge in [0.05, 0.1) is 11.9 Å². The van der Waals surface area contributed by atoms with Gasteiger partial charge in [0.1, 0.15) is 0 Å². The summed E-state index contributed by atoms with van der Waals surface area (Å²) in [7, 11) is 0. The average molecular weight is 180 g/mol. The highest BCUT2D eigenvalue weighted by molar-refractivity contribution is 5.17. The van der Waals surface area contributed by atoms with E-state index in [4.69, 9.17) is 4.74 Å². The average Bonchev–Trinajstić information content (AvgIpc) is 2.18. The molecule has 0 saturated heterocycles. The van der Waals surface area contributed by atoms with E-state index in [1.807, 2.05) is 0 Å². The van der Waals surface area contributed by atoms with Gasteiger partial charge < -0.3 is 4.74 Å². The van der Waals surface area contributed by atoms with Gasteiger partial charge >= 0.3 is 0 Å². The monoisotopic (exact) mass is 180 g/mol. The van der Waals surface area contributed by atoms with Gasteiger partial charge in [0.2, 0.25) is 0 Å². The minimum atomic E-state index is 0.506. The zero-order valence-corrected chi connectivity index (χ0v) is 8.81. The minimum Gasteiger partial charge on any atom is -0.495 e. The Labute approximate surface area is 81.2 Å². The summed E-state index contributed by atoms with van der Waals surface area (Å²) in [5, 5.41) is 0. The van der Waals surface area contributed by atoms with Crippen molar-refractivity contribution in [2.45, 2.75) is 58.5 Å². The van der Waals surface area contributed by atoms with Crippen molar-refractivity contribution >= 4 is 0 Å². The number of ether oxygens (including phenoxy) is 1. The third kappa shape index (κ3) is 1.74. The number of allylic oxidation sites excluding steroid dienone is 2. The molecule has 0 N–H and O–H groups in total. The lowest BCUT2D eigenvalue weighted by molar-refractivity contribution is 0.0600. The van der Waals surface area contributed by atoms with E-state index in [-0.39, 0.29) is 0 Å². The lowest BCUT2D eigenvalue weighted by Crippen LogP contribution is -2.25. The van der Waals surface area contributed by atoms with Crippen LogP contribution in [0.3, 0.4) is 0 Å². The SMILES string of the molecule is CC[C@@H]1C[C@H](C)C2=C(CCCC2)O1. The summed E-state index contributed by atoms with van der Waals surface area (Å²) in [4.78, 5) is 0. The van der Waals surface area contributed by atoms with Gasteiger partial charge in [-0.25, -0.2) is 0 Å². The summed E-state index contributed by atoms with van der Waals surface area (Å²) in [5.74, 6) is 2.14. The lowest BCUT2D eigenvalue weighted by Gasteiger charge is -2.34. The molecule has 13 heavy (non-hydrogen) atoms. The van der Waals surface area contributed by atoms with E-state index in [1.54, 1.807) is 5.57 Å². The molecule has 0 radical (unpaired) electrons. The van der Waals surface area contributed by atoms with E-state index in [0.29, 0.717) is 6.10 Å². The maximum Gasteiger partial charge on any atom is 0.0985 e. The Morgan fingerprint density at radius 2 is 2.08 bits per heavy atom. The van der Waals surface area contributed by atoms with Gasteiger partial charge in [-0.2, -0.15) is 0 Å². The van der Waals surface area contributed by atoms with Crippen LogP contribution in [0, 0.1) is 5.92 Å². The van der Waals surface area contributed by atoms with Gasteiger partial charge in [0.25, 0.3) is 0 Å². The molecule has 0 bridgehead atoms. The molecule has 0 saturated carbocycles. The molecule has 2 atom stereocenters. The third-order valence-corrected chi connectivity index (χ3v) is 3.43. The Kier molecular flexibility index (Phi) is 2.61. The Bertz CT molecular complexity index is 217. The molecule has 0 amide bonds. The lowest BCUT2D eigenvalue weighted by atomic mass is 9.83. The second-order valence-electron chi connectivity index (χ2n) is 4.44. The molecule has 0 aromatic heterocycles. The molecule has 1 heterocycles. The van der Waals surface area contributed by atoms with Crippen molar-refractivity contribution in [3.63, 3.8) is 0 Å². The van der Waals surface area contributed by atoms with Crippen molar-refractivity contribution in [2.75, 3.05) is 0 Å². The van der Waals surface area contributed by atoms with Crippen molar-refractivity contribution in [3.8, 4) is 0 Å². The Morgan fingerprint density at radius 3 is 2.85 bits per heavy atom. The molecule has 0 unspecified atom stereocenters. The van der Waals surface area contributed by atoms with Gasteiger partial charge in [-0.1, -0.05) is 13.8 Å². The van der Waals surface area contributed by atoms with Crippen LogP contribution in [0.5, 0.6) is 0 Å². The van der Waals surface area contributed by atoms with Crippen molar-refractivity contribution < 1.29 is 4.74 Å². The molecule has 74 valence electrons. The molecule has 0 aromatic carbocycles. The topological polar surface area (TPSA) is 9.23 Å². The van der Waals surface area contributed by atoms with Crippen molar-refractivity contribution in [1.29, 1.82) is 0 Å². The van der Waals surface area contributed by atoms with Gasteiger partial charge in [-0.15, -0.1) is 0 Å². The molecular formula is C12H20O. The van der Waals surface area contributed by atoms with Crippen LogP contribution in [0.15, 0.2) is 11.3 Å². The highest BCUT2D eigenvalue weighted by Gasteiger charge is 2.27. The molecule has 0 spiro atoms. The maximum atomic E-state index is 5.99. The summed E-state index contributed by atoms with van der Waals surface area (Å²) in [6.07, 6.45) is 8.14. The number of rotatable bonds is 1. The largest absolute Gasteiger partial charge is 0.495 e. The van der Waals surface area contributed by atoms with E-state index < -0.39 is 0 Å². The Morgan fingerprint density at radius 1 is 1.31 bits per heavy atom. The Balaban J connectivity index is 2.15. The van der Waals surface area contributed by atoms with Crippen LogP contribution in [0.2, 0.25) is 0 Å². The zero-order chi connectivity index (χ0) is 9.26. The van der Waals surface area contributed by atoms with E-state index in [0.717, 1.165) is 5.92 Å². The van der Waals surface area contributed by atoms with Gasteiger partial charge in [-0.3, -0.25) is 0 Å². The van der Waals surface area contributed by atoms with E-state index in [1.165, 1.54) is 44.3 Å². The molecule has 1 aliphatic carbocycles. The molecule has 2 rings (SSSR count). The van der Waals surface area contributed by atoms with E-state index >= 15 is 0 Å².